The van der Waals surface area contributed by atoms with Crippen LogP contribution in [0, 0.1) is 0 Å². The third-order valence-electron chi connectivity index (χ3n) is 2.41. The van der Waals surface area contributed by atoms with Crippen molar-refractivity contribution in [1.29, 1.82) is 0 Å². The first-order valence-electron chi connectivity index (χ1n) is 4.96. The van der Waals surface area contributed by atoms with Crippen LogP contribution in [0.3, 0.4) is 0 Å². The number of nitrogens with two attached hydrogens (primary N) is 1. The summed E-state index contributed by atoms with van der Waals surface area (Å²) in [5, 5.41) is 0. The molecule has 3 N–H and O–H groups in total. The highest BCUT2D eigenvalue weighted by molar-refractivity contribution is 7.20. The maximum atomic E-state index is 6.09. The van der Waals surface area contributed by atoms with Crippen LogP contribution in [0.5, 0.6) is 0 Å². The number of allylic oxidation sites excluding steroid dienone is 1. The average Bonchev–Trinajstić information content (AvgIpc) is 2.61. The Morgan fingerprint density at radius 3 is 2.81 bits per heavy atom. The standard InChI is InChI=1S/C10H12Cl2N2OS/c11-8-5-6(10(12)16-8)9(14-13)7-3-1-2-4-15-7/h3,5,9,14H,1-2,4,13H2. The Morgan fingerprint density at radius 1 is 1.50 bits per heavy atom. The highest BCUT2D eigenvalue weighted by Gasteiger charge is 2.22. The third-order valence-corrected chi connectivity index (χ3v) is 3.93. The van der Waals surface area contributed by atoms with Gasteiger partial charge in [0.1, 0.15) is 11.8 Å². The molecule has 1 aromatic rings. The van der Waals surface area contributed by atoms with E-state index < -0.39 is 0 Å². The van der Waals surface area contributed by atoms with Crippen molar-refractivity contribution in [1.82, 2.24) is 5.43 Å². The molecule has 0 aliphatic carbocycles. The van der Waals surface area contributed by atoms with Gasteiger partial charge in [-0.15, -0.1) is 11.3 Å². The van der Waals surface area contributed by atoms with Crippen molar-refractivity contribution in [2.45, 2.75) is 18.9 Å². The Labute approximate surface area is 108 Å². The van der Waals surface area contributed by atoms with Crippen molar-refractivity contribution >= 4 is 34.5 Å². The van der Waals surface area contributed by atoms with Crippen LogP contribution < -0.4 is 11.3 Å². The van der Waals surface area contributed by atoms with E-state index in [1.807, 2.05) is 12.1 Å². The highest BCUT2D eigenvalue weighted by atomic mass is 35.5. The number of hydrogen-bond donors (Lipinski definition) is 2. The van der Waals surface area contributed by atoms with Crippen molar-refractivity contribution in [3.63, 3.8) is 0 Å². The van der Waals surface area contributed by atoms with Crippen LogP contribution in [-0.2, 0) is 4.74 Å². The van der Waals surface area contributed by atoms with E-state index >= 15 is 0 Å². The predicted octanol–water partition coefficient (Wildman–Crippen LogP) is 3.25. The highest BCUT2D eigenvalue weighted by Crippen LogP contribution is 2.38. The van der Waals surface area contributed by atoms with Crippen LogP contribution in [0.1, 0.15) is 24.4 Å². The Bertz CT molecular complexity index is 406. The summed E-state index contributed by atoms with van der Waals surface area (Å²) in [4.78, 5) is 0. The third kappa shape index (κ3) is 2.52. The maximum Gasteiger partial charge on any atom is 0.115 e. The summed E-state index contributed by atoms with van der Waals surface area (Å²) in [7, 11) is 0. The van der Waals surface area contributed by atoms with Gasteiger partial charge < -0.3 is 4.74 Å². The lowest BCUT2D eigenvalue weighted by Crippen LogP contribution is -2.31. The van der Waals surface area contributed by atoms with E-state index in [0.29, 0.717) is 8.67 Å². The topological polar surface area (TPSA) is 47.3 Å². The lowest BCUT2D eigenvalue weighted by atomic mass is 10.1. The number of rotatable bonds is 3. The van der Waals surface area contributed by atoms with E-state index in [9.17, 15) is 0 Å². The van der Waals surface area contributed by atoms with Gasteiger partial charge >= 0.3 is 0 Å². The summed E-state index contributed by atoms with van der Waals surface area (Å²) in [5.41, 5.74) is 3.58. The van der Waals surface area contributed by atoms with Crippen molar-refractivity contribution in [2.24, 2.45) is 5.84 Å². The van der Waals surface area contributed by atoms with Crippen molar-refractivity contribution < 1.29 is 4.74 Å². The molecule has 88 valence electrons. The largest absolute Gasteiger partial charge is 0.496 e. The van der Waals surface area contributed by atoms with Crippen molar-refractivity contribution in [3.8, 4) is 0 Å². The minimum Gasteiger partial charge on any atom is -0.496 e. The molecule has 1 atom stereocenters. The first-order chi connectivity index (χ1) is 7.72. The van der Waals surface area contributed by atoms with Crippen LogP contribution in [0.25, 0.3) is 0 Å². The molecular weight excluding hydrogens is 267 g/mol. The molecule has 0 fully saturated rings. The van der Waals surface area contributed by atoms with Gasteiger partial charge in [-0.2, -0.15) is 0 Å². The van der Waals surface area contributed by atoms with Gasteiger partial charge in [0.15, 0.2) is 0 Å². The SMILES string of the molecule is NNC(C1=CCCCO1)c1cc(Cl)sc1Cl. The minimum atomic E-state index is -0.212. The zero-order valence-corrected chi connectivity index (χ0v) is 10.8. The van der Waals surface area contributed by atoms with Crippen LogP contribution >= 0.6 is 34.5 Å². The number of hydrazine groups is 1. The Hall–Kier alpha value is -0.260. The average molecular weight is 279 g/mol. The molecule has 1 unspecified atom stereocenters. The molecule has 1 aliphatic heterocycles. The number of nitrogens with one attached hydrogen (secondary N) is 1. The zero-order chi connectivity index (χ0) is 11.5. The van der Waals surface area contributed by atoms with Crippen molar-refractivity contribution in [3.05, 3.63) is 32.1 Å². The van der Waals surface area contributed by atoms with Crippen LogP contribution in [0.15, 0.2) is 17.9 Å². The lowest BCUT2D eigenvalue weighted by molar-refractivity contribution is 0.168. The van der Waals surface area contributed by atoms with Gasteiger partial charge in [0.25, 0.3) is 0 Å². The fourth-order valence-corrected chi connectivity index (χ4v) is 3.18. The number of hydrogen-bond acceptors (Lipinski definition) is 4. The molecule has 6 heteroatoms. The minimum absolute atomic E-state index is 0.212. The number of halogens is 2. The van der Waals surface area contributed by atoms with E-state index in [4.69, 9.17) is 33.8 Å². The second kappa shape index (κ2) is 5.38. The van der Waals surface area contributed by atoms with Gasteiger partial charge in [0.2, 0.25) is 0 Å². The van der Waals surface area contributed by atoms with Crippen molar-refractivity contribution in [2.75, 3.05) is 6.61 Å². The molecular formula is C10H12Cl2N2OS. The Balaban J connectivity index is 2.28. The van der Waals surface area contributed by atoms with Crippen LogP contribution in [0.2, 0.25) is 8.67 Å². The number of thiophene rings is 1. The maximum absolute atomic E-state index is 6.09. The molecule has 1 aliphatic rings. The molecule has 0 spiro atoms. The van der Waals surface area contributed by atoms with E-state index in [0.717, 1.165) is 30.8 Å². The Kier molecular flexibility index (Phi) is 4.10. The van der Waals surface area contributed by atoms with Gasteiger partial charge in [-0.3, -0.25) is 5.84 Å². The summed E-state index contributed by atoms with van der Waals surface area (Å²) in [6.45, 7) is 0.722. The first kappa shape index (κ1) is 12.2. The normalized spacial score (nSPS) is 17.8. The van der Waals surface area contributed by atoms with Gasteiger partial charge in [0.05, 0.1) is 15.3 Å². The van der Waals surface area contributed by atoms with E-state index in [-0.39, 0.29) is 6.04 Å². The van der Waals surface area contributed by atoms with E-state index in [2.05, 4.69) is 5.43 Å². The molecule has 0 amide bonds. The Morgan fingerprint density at radius 2 is 2.31 bits per heavy atom. The summed E-state index contributed by atoms with van der Waals surface area (Å²) in [6.07, 6.45) is 4.08. The van der Waals surface area contributed by atoms with Gasteiger partial charge in [-0.25, -0.2) is 5.43 Å². The summed E-state index contributed by atoms with van der Waals surface area (Å²) in [5.74, 6) is 6.37. The first-order valence-corrected chi connectivity index (χ1v) is 6.53. The molecule has 0 saturated heterocycles. The molecule has 2 rings (SSSR count). The van der Waals surface area contributed by atoms with Crippen LogP contribution in [0.4, 0.5) is 0 Å². The van der Waals surface area contributed by atoms with Gasteiger partial charge in [-0.1, -0.05) is 23.2 Å². The summed E-state index contributed by atoms with van der Waals surface area (Å²) < 4.78 is 6.86. The summed E-state index contributed by atoms with van der Waals surface area (Å²) in [6, 6.07) is 1.61. The molecule has 0 aromatic carbocycles. The molecule has 0 saturated carbocycles. The van der Waals surface area contributed by atoms with Gasteiger partial charge in [0, 0.05) is 5.56 Å². The number of ether oxygens (including phenoxy) is 1. The fraction of sp³-hybridized carbons (Fsp3) is 0.400. The molecule has 16 heavy (non-hydrogen) atoms. The lowest BCUT2D eigenvalue weighted by Gasteiger charge is -2.22. The second-order valence-electron chi connectivity index (χ2n) is 3.48. The van der Waals surface area contributed by atoms with Gasteiger partial charge in [-0.05, 0) is 25.0 Å². The quantitative estimate of drug-likeness (QED) is 0.659. The molecule has 0 bridgehead atoms. The molecule has 2 heterocycles. The predicted molar refractivity (Wildman–Crippen MR) is 67.7 cm³/mol. The molecule has 1 aromatic heterocycles. The second-order valence-corrected chi connectivity index (χ2v) is 5.76. The van der Waals surface area contributed by atoms with Crippen LogP contribution in [-0.4, -0.2) is 6.61 Å². The molecule has 3 nitrogen and oxygen atoms in total. The zero-order valence-electron chi connectivity index (χ0n) is 8.50. The summed E-state index contributed by atoms with van der Waals surface area (Å²) >= 11 is 13.3. The van der Waals surface area contributed by atoms with E-state index in [1.54, 1.807) is 0 Å². The molecule has 0 radical (unpaired) electrons. The smallest absolute Gasteiger partial charge is 0.115 e. The monoisotopic (exact) mass is 278 g/mol. The fourth-order valence-electron chi connectivity index (χ4n) is 1.65. The van der Waals surface area contributed by atoms with E-state index in [1.165, 1.54) is 11.3 Å².